The van der Waals surface area contributed by atoms with Gasteiger partial charge in [-0.2, -0.15) is 16.8 Å². The van der Waals surface area contributed by atoms with Gasteiger partial charge in [0.2, 0.25) is 5.96 Å². The number of aliphatic hydroxyl groups is 8. The van der Waals surface area contributed by atoms with Gasteiger partial charge in [0.15, 0.2) is 25.0 Å². The lowest BCUT2D eigenvalue weighted by molar-refractivity contribution is -0.931. The molecule has 0 amide bonds. The number of esters is 1. The Hall–Kier alpha value is -3.56. The summed E-state index contributed by atoms with van der Waals surface area (Å²) in [6.45, 7) is -0.967. The van der Waals surface area contributed by atoms with Gasteiger partial charge in [0.25, 0.3) is 10.0 Å². The molecule has 33 nitrogen and oxygen atoms in total. The Bertz CT molecular complexity index is 2570. The minimum atomic E-state index is -4.67. The van der Waals surface area contributed by atoms with Gasteiger partial charge < -0.3 is 147 Å². The maximum atomic E-state index is 12.1. The van der Waals surface area contributed by atoms with Crippen LogP contribution in [0, 0.1) is 0 Å². The van der Waals surface area contributed by atoms with E-state index in [1.807, 2.05) is 18.2 Å². The van der Waals surface area contributed by atoms with Crippen LogP contribution in [0.2, 0.25) is 0 Å². The lowest BCUT2D eigenvalue weighted by atomic mass is 9.84. The third-order valence-electron chi connectivity index (χ3n) is 15.2. The fourth-order valence-electron chi connectivity index (χ4n) is 10.5. The highest BCUT2D eigenvalue weighted by Gasteiger charge is 2.55. The third kappa shape index (κ3) is 18.7. The largest absolute Gasteiger partial charge is 1.00 e. The summed E-state index contributed by atoms with van der Waals surface area (Å²) in [7, 11) is -3.91. The quantitative estimate of drug-likeness (QED) is 0.0209. The lowest BCUT2D eigenvalue weighted by Gasteiger charge is -2.47. The molecule has 5 heterocycles. The van der Waals surface area contributed by atoms with Crippen molar-refractivity contribution in [2.24, 2.45) is 50.3 Å². The summed E-state index contributed by atoms with van der Waals surface area (Å²) in [6.07, 6.45) is -16.7. The molecule has 0 aromatic heterocycles. The van der Waals surface area contributed by atoms with E-state index in [-0.39, 0.29) is 47.5 Å². The van der Waals surface area contributed by atoms with Crippen molar-refractivity contribution in [1.82, 2.24) is 0 Å². The van der Waals surface area contributed by atoms with Crippen molar-refractivity contribution in [2.45, 2.75) is 178 Å². The van der Waals surface area contributed by atoms with Crippen LogP contribution in [0.3, 0.4) is 0 Å². The molecule has 28 N–H and O–H groups in total. The fourth-order valence-corrected chi connectivity index (χ4v) is 11.4. The molecule has 8 rings (SSSR count). The van der Waals surface area contributed by atoms with Gasteiger partial charge in [-0.3, -0.25) is 9.11 Å². The van der Waals surface area contributed by atoms with Gasteiger partial charge >= 0.3 is 16.4 Å². The van der Waals surface area contributed by atoms with Crippen molar-refractivity contribution in [1.29, 1.82) is 0 Å². The van der Waals surface area contributed by atoms with Gasteiger partial charge in [-0.25, -0.2) is 4.79 Å². The van der Waals surface area contributed by atoms with Crippen molar-refractivity contribution in [3.05, 3.63) is 60.2 Å². The minimum Gasteiger partial charge on any atom is -1.00 e. The number of nitrogens with two attached hydrogens (primary N) is 9. The van der Waals surface area contributed by atoms with Gasteiger partial charge in [-0.1, -0.05) is 30.3 Å². The first-order valence-electron chi connectivity index (χ1n) is 26.0. The zero-order chi connectivity index (χ0) is 61.3. The van der Waals surface area contributed by atoms with E-state index in [1.54, 1.807) is 12.1 Å². The summed E-state index contributed by atoms with van der Waals surface area (Å²) in [5.74, 6) is -1.01. The van der Waals surface area contributed by atoms with Crippen LogP contribution < -0.4 is 68.6 Å². The van der Waals surface area contributed by atoms with Crippen LogP contribution in [-0.4, -0.2) is 251 Å². The Kier molecular flexibility index (Phi) is 26.7. The number of quaternary nitrogens is 1. The molecular weight excluding hydrogens is 1210 g/mol. The number of fused-ring (bicyclic) bond motifs is 2. The zero-order valence-electron chi connectivity index (χ0n) is 45.3. The summed E-state index contributed by atoms with van der Waals surface area (Å²) >= 11 is 0. The zero-order valence-corrected chi connectivity index (χ0v) is 48.5. The first-order valence-corrected chi connectivity index (χ1v) is 28.8. The molecule has 83 heavy (non-hydrogen) atoms. The molecule has 6 fully saturated rings. The first-order chi connectivity index (χ1) is 38.2. The van der Waals surface area contributed by atoms with Crippen LogP contribution in [0.15, 0.2) is 63.9 Å². The summed E-state index contributed by atoms with van der Waals surface area (Å²) in [5, 5.41) is 83.1. The number of hydrogen-bond acceptors (Lipinski definition) is 27. The molecule has 2 aromatic carbocycles. The number of hydrogen-bond donors (Lipinski definition) is 19. The number of halogens is 1. The second-order valence-corrected chi connectivity index (χ2v) is 23.6. The summed E-state index contributed by atoms with van der Waals surface area (Å²) in [6, 6.07) is 11.5. The molecule has 22 atom stereocenters. The van der Waals surface area contributed by atoms with Gasteiger partial charge in [-0.15, -0.1) is 4.40 Å². The predicted octanol–water partition coefficient (Wildman–Crippen LogP) is -11.3. The number of rotatable bonds is 14. The van der Waals surface area contributed by atoms with Gasteiger partial charge in [-0.05, 0) is 36.2 Å². The Labute approximate surface area is 489 Å². The molecule has 0 spiro atoms. The topological polar surface area (TPSA) is 599 Å². The Morgan fingerprint density at radius 2 is 1.12 bits per heavy atom. The Morgan fingerprint density at radius 3 is 1.58 bits per heavy atom. The van der Waals surface area contributed by atoms with E-state index in [0.29, 0.717) is 23.3 Å². The smallest absolute Gasteiger partial charge is 0.394 e. The molecule has 1 saturated carbocycles. The molecular formula is C47H82BrN11O22S2. The lowest BCUT2D eigenvalue weighted by Crippen LogP contribution is -3.00. The molecule has 476 valence electrons. The van der Waals surface area contributed by atoms with Gasteiger partial charge in [0.05, 0.1) is 55.9 Å². The number of ether oxygens (including phenoxy) is 7. The second-order valence-electron chi connectivity index (χ2n) is 21.1. The second kappa shape index (κ2) is 30.9. The highest BCUT2D eigenvalue weighted by molar-refractivity contribution is 7.90. The van der Waals surface area contributed by atoms with E-state index in [9.17, 15) is 54.1 Å². The van der Waals surface area contributed by atoms with E-state index >= 15 is 0 Å². The number of benzene rings is 2. The van der Waals surface area contributed by atoms with Crippen LogP contribution >= 0.6 is 0 Å². The van der Waals surface area contributed by atoms with Crippen molar-refractivity contribution >= 4 is 38.0 Å². The Morgan fingerprint density at radius 1 is 0.663 bits per heavy atom. The van der Waals surface area contributed by atoms with Crippen LogP contribution in [0.4, 0.5) is 5.69 Å². The molecule has 6 aliphatic rings. The molecule has 3 unspecified atom stereocenters. The molecule has 2 bridgehead atoms. The first kappa shape index (κ1) is 71.9. The average molecular weight is 1300 g/mol. The van der Waals surface area contributed by atoms with Crippen molar-refractivity contribution in [3.8, 4) is 0 Å². The summed E-state index contributed by atoms with van der Waals surface area (Å²) in [5.41, 5.74) is 52.0. The highest BCUT2D eigenvalue weighted by Crippen LogP contribution is 2.41. The summed E-state index contributed by atoms with van der Waals surface area (Å²) < 4.78 is 98.7. The molecule has 1 aliphatic carbocycles. The number of carbonyl (C=O) groups is 1. The maximum absolute atomic E-state index is 12.1. The molecule has 5 aliphatic heterocycles. The predicted molar refractivity (Wildman–Crippen MR) is 286 cm³/mol. The monoisotopic (exact) mass is 1300 g/mol. The van der Waals surface area contributed by atoms with E-state index in [2.05, 4.69) is 18.5 Å². The van der Waals surface area contributed by atoms with Gasteiger partial charge in [0, 0.05) is 56.5 Å². The standard InChI is InChI=1S/C23H46N6O13.C17H24NO3.C7H10N4O2S.BrH.H2O4S/c24-2-7-13(32)15(34)10(28)21(37-7)40-18-6(27)1-5(26)12(31)20(18)42-23-17(36)19(9(4-30)39-23)41-22-11(29)16(35)14(33)8(3-25)38-22;1-18(2)13-8-9-14(18)11-15(10-13)21-17(20)16(19)12-6-4-3-5-7-12;8-5-1-3-6(4-2-5)14(12,13)11-7(9)10;;1-5(2,3)4/h5-23,30-36H,1-4,24-29H2;3-7,13-16,19H,8-11H2,1-2H3;1-4H,8H2,(H4,9,10,11);1H;(H2,1,2,3,4)/q;+1;;;/p-1/t5-,6+,7-,8+,9-,10-,11-,12+,13-,14-,15-,16-,17-,18-,19-,20-,21-,22-,23+;;;;/m1..../s1. The number of anilines is 1. The summed E-state index contributed by atoms with van der Waals surface area (Å²) in [4.78, 5) is 12.1. The molecule has 0 radical (unpaired) electrons. The van der Waals surface area contributed by atoms with E-state index in [4.69, 9.17) is 102 Å². The highest BCUT2D eigenvalue weighted by atomic mass is 79.9. The third-order valence-corrected chi connectivity index (χ3v) is 16.5. The van der Waals surface area contributed by atoms with Crippen molar-refractivity contribution < 1.29 is 126 Å². The normalized spacial score (nSPS) is 37.8. The fraction of sp³-hybridized carbons (Fsp3) is 0.702. The van der Waals surface area contributed by atoms with Crippen LogP contribution in [-0.2, 0) is 58.4 Å². The van der Waals surface area contributed by atoms with Crippen LogP contribution in [0.1, 0.15) is 43.8 Å². The number of aliphatic hydroxyl groups excluding tert-OH is 8. The van der Waals surface area contributed by atoms with Crippen molar-refractivity contribution in [3.63, 3.8) is 0 Å². The van der Waals surface area contributed by atoms with E-state index in [1.165, 1.54) is 37.1 Å². The van der Waals surface area contributed by atoms with Gasteiger partial charge in [0.1, 0.15) is 73.2 Å². The number of guanidine groups is 1. The van der Waals surface area contributed by atoms with Crippen LogP contribution in [0.25, 0.3) is 0 Å². The number of piperidine rings is 1. The molecule has 5 saturated heterocycles. The average Bonchev–Trinajstić information content (AvgIpc) is 4.04. The van der Waals surface area contributed by atoms with E-state index in [0.717, 1.165) is 17.3 Å². The number of nitrogens with zero attached hydrogens (tertiary/aromatic N) is 2. The van der Waals surface area contributed by atoms with Crippen LogP contribution in [0.5, 0.6) is 0 Å². The number of carbonyl (C=O) groups excluding carboxylic acids is 1. The minimum absolute atomic E-state index is 0. The SMILES string of the molecule is C[N+]1(C)C2CCC1CC(OC(=O)C(O)c1ccccc1)C2.NC(N)=NS(=O)(=O)c1ccc(N)cc1.NC[C@@H]1O[C@H](O[C@H]2[C@@H](O)[C@H](O[C@@H]3[C@@H](O)[C@H](N)C[C@H](N)[C@H]3O[C@H]3O[C@H](CN)[C@@H](O)[C@H](O)[C@H]3N)O[C@@H]2CO)[C@H](N)[C@@H](O)[C@@H]1O.O=S(=O)(O)O.[Br-]. The molecule has 2 aromatic rings. The number of nitrogen functional groups attached to an aromatic ring is 1. The Balaban J connectivity index is 0.000000296. The molecule has 36 heteroatoms. The van der Waals surface area contributed by atoms with Crippen molar-refractivity contribution in [2.75, 3.05) is 39.5 Å². The van der Waals surface area contributed by atoms with E-state index < -0.39 is 161 Å². The maximum Gasteiger partial charge on any atom is 0.394 e. The number of sulfonamides is 1.